The van der Waals surface area contributed by atoms with Crippen LogP contribution in [-0.2, 0) is 11.2 Å². The first-order chi connectivity index (χ1) is 10.1. The van der Waals surface area contributed by atoms with E-state index < -0.39 is 5.97 Å². The molecule has 3 rings (SSSR count). The van der Waals surface area contributed by atoms with Crippen molar-refractivity contribution in [2.75, 3.05) is 11.4 Å². The summed E-state index contributed by atoms with van der Waals surface area (Å²) in [7, 11) is 0. The van der Waals surface area contributed by atoms with Crippen molar-refractivity contribution >= 4 is 29.2 Å². The Labute approximate surface area is 127 Å². The van der Waals surface area contributed by atoms with Crippen LogP contribution in [0.15, 0.2) is 35.9 Å². The van der Waals surface area contributed by atoms with Crippen LogP contribution in [0.2, 0.25) is 0 Å². The van der Waals surface area contributed by atoms with Gasteiger partial charge in [0, 0.05) is 23.7 Å². The molecular formula is C16H16N2O2S. The summed E-state index contributed by atoms with van der Waals surface area (Å²) in [5.41, 5.74) is 2.19. The Morgan fingerprint density at radius 2 is 2.33 bits per heavy atom. The highest BCUT2D eigenvalue weighted by molar-refractivity contribution is 7.10. The summed E-state index contributed by atoms with van der Waals surface area (Å²) in [5, 5.41) is 10.8. The molecule has 0 spiro atoms. The summed E-state index contributed by atoms with van der Waals surface area (Å²) in [6, 6.07) is 6.38. The Kier molecular flexibility index (Phi) is 3.75. The number of thiophene rings is 1. The normalized spacial score (nSPS) is 18.0. The third kappa shape index (κ3) is 2.83. The molecule has 0 amide bonds. The molecule has 2 aromatic heterocycles. The van der Waals surface area contributed by atoms with Crippen LogP contribution in [-0.4, -0.2) is 22.6 Å². The van der Waals surface area contributed by atoms with Crippen molar-refractivity contribution < 1.29 is 9.90 Å². The van der Waals surface area contributed by atoms with Crippen LogP contribution in [0.3, 0.4) is 0 Å². The van der Waals surface area contributed by atoms with E-state index in [0.717, 1.165) is 30.4 Å². The first-order valence-electron chi connectivity index (χ1n) is 6.85. The second kappa shape index (κ2) is 5.69. The number of hydrogen-bond donors (Lipinski definition) is 1. The number of carbonyl (C=O) groups is 1. The largest absolute Gasteiger partial charge is 0.478 e. The number of nitrogens with zero attached hydrogens (tertiary/aromatic N) is 2. The zero-order valence-corrected chi connectivity index (χ0v) is 12.5. The summed E-state index contributed by atoms with van der Waals surface area (Å²) < 4.78 is 0. The van der Waals surface area contributed by atoms with Gasteiger partial charge in [0.2, 0.25) is 0 Å². The Balaban J connectivity index is 1.80. The molecule has 0 radical (unpaired) electrons. The Morgan fingerprint density at radius 3 is 3.05 bits per heavy atom. The lowest BCUT2D eigenvalue weighted by molar-refractivity contribution is -0.131. The molecule has 1 atom stereocenters. The summed E-state index contributed by atoms with van der Waals surface area (Å²) >= 11 is 1.83. The second-order valence-corrected chi connectivity index (χ2v) is 6.04. The van der Waals surface area contributed by atoms with Gasteiger partial charge < -0.3 is 10.0 Å². The van der Waals surface area contributed by atoms with Crippen LogP contribution in [0.4, 0.5) is 5.82 Å². The van der Waals surface area contributed by atoms with Crippen molar-refractivity contribution in [2.24, 2.45) is 0 Å². The minimum absolute atomic E-state index is 0.327. The van der Waals surface area contributed by atoms with Gasteiger partial charge in [0.25, 0.3) is 0 Å². The van der Waals surface area contributed by atoms with Gasteiger partial charge in [0.05, 0.1) is 6.04 Å². The highest BCUT2D eigenvalue weighted by atomic mass is 32.1. The van der Waals surface area contributed by atoms with Crippen molar-refractivity contribution in [1.82, 2.24) is 4.98 Å². The van der Waals surface area contributed by atoms with E-state index in [2.05, 4.69) is 28.3 Å². The molecule has 1 unspecified atom stereocenters. The van der Waals surface area contributed by atoms with Gasteiger partial charge in [-0.1, -0.05) is 0 Å². The molecular weight excluding hydrogens is 284 g/mol. The van der Waals surface area contributed by atoms with E-state index in [1.54, 1.807) is 12.3 Å². The molecule has 4 nitrogen and oxygen atoms in total. The zero-order chi connectivity index (χ0) is 14.8. The Morgan fingerprint density at radius 1 is 1.48 bits per heavy atom. The highest BCUT2D eigenvalue weighted by Gasteiger charge is 2.25. The monoisotopic (exact) mass is 300 g/mol. The van der Waals surface area contributed by atoms with Crippen LogP contribution < -0.4 is 4.90 Å². The van der Waals surface area contributed by atoms with E-state index in [4.69, 9.17) is 5.11 Å². The van der Waals surface area contributed by atoms with Crippen LogP contribution in [0.1, 0.15) is 29.0 Å². The SMILES string of the molecule is CC1c2ccsc2CCN1c1ccc(/C=C/C(=O)O)cn1. The Hall–Kier alpha value is -2.14. The maximum atomic E-state index is 10.5. The van der Waals surface area contributed by atoms with E-state index in [0.29, 0.717) is 6.04 Å². The molecule has 5 heteroatoms. The number of hydrogen-bond acceptors (Lipinski definition) is 4. The van der Waals surface area contributed by atoms with Gasteiger partial charge in [0.15, 0.2) is 0 Å². The van der Waals surface area contributed by atoms with E-state index >= 15 is 0 Å². The number of carboxylic acids is 1. The first kappa shape index (κ1) is 13.8. The lowest BCUT2D eigenvalue weighted by Crippen LogP contribution is -2.33. The third-order valence-corrected chi connectivity index (χ3v) is 4.76. The number of aliphatic carboxylic acids is 1. The fourth-order valence-corrected chi connectivity index (χ4v) is 3.62. The number of rotatable bonds is 3. The lowest BCUT2D eigenvalue weighted by atomic mass is 10.0. The predicted octanol–water partition coefficient (Wildman–Crippen LogP) is 3.36. The van der Waals surface area contributed by atoms with Crippen LogP contribution in [0.5, 0.6) is 0 Å². The van der Waals surface area contributed by atoms with Crippen molar-refractivity contribution in [2.45, 2.75) is 19.4 Å². The van der Waals surface area contributed by atoms with Gasteiger partial charge in [-0.15, -0.1) is 11.3 Å². The topological polar surface area (TPSA) is 53.4 Å². The average Bonchev–Trinajstić information content (AvgIpc) is 2.96. The van der Waals surface area contributed by atoms with Crippen molar-refractivity contribution in [1.29, 1.82) is 0 Å². The van der Waals surface area contributed by atoms with Gasteiger partial charge in [-0.2, -0.15) is 0 Å². The maximum absolute atomic E-state index is 10.5. The van der Waals surface area contributed by atoms with Crippen molar-refractivity contribution in [3.05, 3.63) is 51.9 Å². The number of fused-ring (bicyclic) bond motifs is 1. The quantitative estimate of drug-likeness (QED) is 0.883. The smallest absolute Gasteiger partial charge is 0.328 e. The van der Waals surface area contributed by atoms with Gasteiger partial charge in [-0.25, -0.2) is 9.78 Å². The fraction of sp³-hybridized carbons (Fsp3) is 0.250. The van der Waals surface area contributed by atoms with Gasteiger partial charge in [-0.05, 0) is 54.1 Å². The van der Waals surface area contributed by atoms with E-state index in [-0.39, 0.29) is 0 Å². The van der Waals surface area contributed by atoms with E-state index in [1.165, 1.54) is 10.4 Å². The summed E-state index contributed by atoms with van der Waals surface area (Å²) in [5.74, 6) is -0.0134. The van der Waals surface area contributed by atoms with Gasteiger partial charge in [0.1, 0.15) is 5.82 Å². The molecule has 1 N–H and O–H groups in total. The minimum Gasteiger partial charge on any atom is -0.478 e. The molecule has 0 bridgehead atoms. The van der Waals surface area contributed by atoms with Crippen LogP contribution in [0, 0.1) is 0 Å². The molecule has 1 aliphatic rings. The van der Waals surface area contributed by atoms with Crippen molar-refractivity contribution in [3.63, 3.8) is 0 Å². The number of aromatic nitrogens is 1. The standard InChI is InChI=1S/C16H16N2O2S/c1-11-13-7-9-21-14(13)6-8-18(11)15-4-2-12(10-17-15)3-5-16(19)20/h2-5,7,9-11H,6,8H2,1H3,(H,19,20)/b5-3+. The third-order valence-electron chi connectivity index (χ3n) is 3.76. The molecule has 2 aromatic rings. The average molecular weight is 300 g/mol. The molecule has 0 saturated heterocycles. The molecule has 0 aromatic carbocycles. The number of anilines is 1. The van der Waals surface area contributed by atoms with Crippen LogP contribution in [0.25, 0.3) is 6.08 Å². The maximum Gasteiger partial charge on any atom is 0.328 e. The van der Waals surface area contributed by atoms with E-state index in [9.17, 15) is 4.79 Å². The molecule has 1 aliphatic heterocycles. The Bertz CT molecular complexity index is 676. The number of carboxylic acid groups (broad SMARTS) is 1. The minimum atomic E-state index is -0.950. The second-order valence-electron chi connectivity index (χ2n) is 5.04. The fourth-order valence-electron chi connectivity index (χ4n) is 2.66. The molecule has 0 aliphatic carbocycles. The summed E-state index contributed by atoms with van der Waals surface area (Å²) in [6.45, 7) is 3.16. The highest BCUT2D eigenvalue weighted by Crippen LogP contribution is 2.35. The molecule has 3 heterocycles. The molecule has 108 valence electrons. The lowest BCUT2D eigenvalue weighted by Gasteiger charge is -2.34. The van der Waals surface area contributed by atoms with Crippen LogP contribution >= 0.6 is 11.3 Å². The predicted molar refractivity (Wildman–Crippen MR) is 84.7 cm³/mol. The van der Waals surface area contributed by atoms with E-state index in [1.807, 2.05) is 23.5 Å². The van der Waals surface area contributed by atoms with Crippen molar-refractivity contribution in [3.8, 4) is 0 Å². The summed E-state index contributed by atoms with van der Waals surface area (Å²) in [6.07, 6.45) is 5.44. The van der Waals surface area contributed by atoms with Gasteiger partial charge >= 0.3 is 5.97 Å². The first-order valence-corrected chi connectivity index (χ1v) is 7.73. The molecule has 0 saturated carbocycles. The zero-order valence-electron chi connectivity index (χ0n) is 11.7. The van der Waals surface area contributed by atoms with Gasteiger partial charge in [-0.3, -0.25) is 0 Å². The summed E-state index contributed by atoms with van der Waals surface area (Å²) in [4.78, 5) is 18.7. The molecule has 21 heavy (non-hydrogen) atoms. The number of pyridine rings is 1. The molecule has 0 fully saturated rings.